The van der Waals surface area contributed by atoms with Gasteiger partial charge in [0.2, 0.25) is 5.91 Å². The number of hydrogen-bond acceptors (Lipinski definition) is 4. The van der Waals surface area contributed by atoms with Crippen molar-refractivity contribution in [2.75, 3.05) is 7.05 Å². The molecule has 1 aliphatic heterocycles. The second-order valence-corrected chi connectivity index (χ2v) is 6.05. The van der Waals surface area contributed by atoms with Crippen molar-refractivity contribution in [2.45, 2.75) is 19.9 Å². The molecule has 7 heteroatoms. The van der Waals surface area contributed by atoms with Crippen LogP contribution >= 0.6 is 0 Å². The molecule has 2 unspecified atom stereocenters. The molecule has 1 aliphatic rings. The Morgan fingerprint density at radius 3 is 2.72 bits per heavy atom. The van der Waals surface area contributed by atoms with Crippen LogP contribution in [0.5, 0.6) is 11.6 Å². The summed E-state index contributed by atoms with van der Waals surface area (Å²) < 4.78 is 19.1. The van der Waals surface area contributed by atoms with Gasteiger partial charge in [-0.1, -0.05) is 13.0 Å². The molecule has 1 saturated heterocycles. The molecule has 0 aliphatic carbocycles. The molecule has 3 amide bonds. The number of ether oxygens (including phenoxy) is 1. The first kappa shape index (κ1) is 16.9. The number of aromatic nitrogens is 1. The lowest BCUT2D eigenvalue weighted by Gasteiger charge is -2.37. The van der Waals surface area contributed by atoms with Gasteiger partial charge in [-0.25, -0.2) is 14.2 Å². The van der Waals surface area contributed by atoms with Crippen LogP contribution in [-0.2, 0) is 4.79 Å². The molecule has 2 aromatic rings. The number of halogens is 1. The van der Waals surface area contributed by atoms with Crippen molar-refractivity contribution in [3.63, 3.8) is 0 Å². The van der Waals surface area contributed by atoms with E-state index >= 15 is 0 Å². The number of hydrogen-bond donors (Lipinski definition) is 1. The Labute approximate surface area is 144 Å². The summed E-state index contributed by atoms with van der Waals surface area (Å²) in [5.41, 5.74) is 1.67. The molecule has 1 aromatic heterocycles. The molecular formula is C18H18FN3O3. The monoisotopic (exact) mass is 343 g/mol. The first-order chi connectivity index (χ1) is 11.9. The fourth-order valence-corrected chi connectivity index (χ4v) is 2.99. The molecular weight excluding hydrogens is 325 g/mol. The predicted octanol–water partition coefficient (Wildman–Crippen LogP) is 3.18. The molecule has 0 spiro atoms. The van der Waals surface area contributed by atoms with Crippen LogP contribution in [0.25, 0.3) is 0 Å². The SMILES string of the molecule is Cc1cc(Oc2ncccc2F)ccc1C1C(C)C(=O)NC(=O)N1C. The highest BCUT2D eigenvalue weighted by Crippen LogP contribution is 2.35. The lowest BCUT2D eigenvalue weighted by atomic mass is 9.88. The summed E-state index contributed by atoms with van der Waals surface area (Å²) >= 11 is 0. The van der Waals surface area contributed by atoms with Crippen molar-refractivity contribution < 1.29 is 18.7 Å². The van der Waals surface area contributed by atoms with Crippen molar-refractivity contribution >= 4 is 11.9 Å². The van der Waals surface area contributed by atoms with E-state index in [1.54, 1.807) is 32.2 Å². The van der Waals surface area contributed by atoms with Crippen molar-refractivity contribution in [2.24, 2.45) is 5.92 Å². The van der Waals surface area contributed by atoms with Gasteiger partial charge in [0.15, 0.2) is 5.82 Å². The van der Waals surface area contributed by atoms with Gasteiger partial charge in [0.25, 0.3) is 5.88 Å². The van der Waals surface area contributed by atoms with E-state index in [4.69, 9.17) is 4.74 Å². The van der Waals surface area contributed by atoms with Crippen LogP contribution in [0.1, 0.15) is 24.1 Å². The quantitative estimate of drug-likeness (QED) is 0.929. The van der Waals surface area contributed by atoms with E-state index in [0.717, 1.165) is 11.1 Å². The smallest absolute Gasteiger partial charge is 0.324 e. The molecule has 25 heavy (non-hydrogen) atoms. The number of carbonyl (C=O) groups is 2. The van der Waals surface area contributed by atoms with Crippen molar-refractivity contribution in [3.8, 4) is 11.6 Å². The van der Waals surface area contributed by atoms with Gasteiger partial charge in [-0.05, 0) is 42.3 Å². The van der Waals surface area contributed by atoms with Gasteiger partial charge in [-0.2, -0.15) is 0 Å². The standard InChI is InChI=1S/C18H18FN3O3/c1-10-9-12(25-17-14(19)5-4-8-20-17)6-7-13(10)15-11(2)16(23)21-18(24)22(15)3/h4-9,11,15H,1-3H3,(H,21,23,24). The number of nitrogens with one attached hydrogen (secondary N) is 1. The predicted molar refractivity (Wildman–Crippen MR) is 88.7 cm³/mol. The van der Waals surface area contributed by atoms with Gasteiger partial charge in [0.1, 0.15) is 5.75 Å². The van der Waals surface area contributed by atoms with E-state index in [9.17, 15) is 14.0 Å². The van der Waals surface area contributed by atoms with E-state index in [-0.39, 0.29) is 23.7 Å². The molecule has 1 N–H and O–H groups in total. The highest BCUT2D eigenvalue weighted by Gasteiger charge is 2.38. The Bertz CT molecular complexity index is 820. The summed E-state index contributed by atoms with van der Waals surface area (Å²) in [5.74, 6) is -0.912. The summed E-state index contributed by atoms with van der Waals surface area (Å²) in [6.45, 7) is 3.63. The number of rotatable bonds is 3. The minimum Gasteiger partial charge on any atom is -0.436 e. The molecule has 6 nitrogen and oxygen atoms in total. The fourth-order valence-electron chi connectivity index (χ4n) is 2.99. The Hall–Kier alpha value is -2.96. The lowest BCUT2D eigenvalue weighted by Crippen LogP contribution is -2.53. The highest BCUT2D eigenvalue weighted by molar-refractivity contribution is 5.98. The summed E-state index contributed by atoms with van der Waals surface area (Å²) in [6.07, 6.45) is 1.45. The number of benzene rings is 1. The molecule has 2 heterocycles. The third-order valence-corrected chi connectivity index (χ3v) is 4.35. The second kappa shape index (κ2) is 6.51. The van der Waals surface area contributed by atoms with Crippen molar-refractivity contribution in [3.05, 3.63) is 53.5 Å². The van der Waals surface area contributed by atoms with Gasteiger partial charge in [0.05, 0.1) is 12.0 Å². The van der Waals surface area contributed by atoms with E-state index < -0.39 is 11.8 Å². The average molecular weight is 343 g/mol. The summed E-state index contributed by atoms with van der Waals surface area (Å²) in [6, 6.07) is 7.15. The van der Waals surface area contributed by atoms with Gasteiger partial charge in [-0.3, -0.25) is 10.1 Å². The number of urea groups is 1. The van der Waals surface area contributed by atoms with Crippen LogP contribution in [-0.4, -0.2) is 28.9 Å². The number of nitrogens with zero attached hydrogens (tertiary/aromatic N) is 2. The van der Waals surface area contributed by atoms with Crippen LogP contribution in [0.3, 0.4) is 0 Å². The van der Waals surface area contributed by atoms with Crippen LogP contribution in [0.15, 0.2) is 36.5 Å². The molecule has 130 valence electrons. The highest BCUT2D eigenvalue weighted by atomic mass is 19.1. The van der Waals surface area contributed by atoms with Gasteiger partial charge in [-0.15, -0.1) is 0 Å². The third-order valence-electron chi connectivity index (χ3n) is 4.35. The van der Waals surface area contributed by atoms with Gasteiger partial charge < -0.3 is 9.64 Å². The van der Waals surface area contributed by atoms with Gasteiger partial charge >= 0.3 is 6.03 Å². The zero-order valence-corrected chi connectivity index (χ0v) is 14.1. The number of pyridine rings is 1. The maximum atomic E-state index is 13.7. The zero-order chi connectivity index (χ0) is 18.1. The fraction of sp³-hybridized carbons (Fsp3) is 0.278. The summed E-state index contributed by atoms with van der Waals surface area (Å²) in [7, 11) is 1.65. The minimum absolute atomic E-state index is 0.104. The first-order valence-corrected chi connectivity index (χ1v) is 7.85. The number of amides is 3. The van der Waals surface area contributed by atoms with E-state index in [1.165, 1.54) is 23.2 Å². The van der Waals surface area contributed by atoms with Crippen molar-refractivity contribution in [1.82, 2.24) is 15.2 Å². The first-order valence-electron chi connectivity index (χ1n) is 7.85. The number of carbonyl (C=O) groups excluding carboxylic acids is 2. The van der Waals surface area contributed by atoms with Gasteiger partial charge in [0, 0.05) is 13.2 Å². The molecule has 2 atom stereocenters. The summed E-state index contributed by atoms with van der Waals surface area (Å²) in [4.78, 5) is 29.2. The normalized spacial score (nSPS) is 20.4. The molecule has 1 aromatic carbocycles. The van der Waals surface area contributed by atoms with E-state index in [0.29, 0.717) is 5.75 Å². The maximum absolute atomic E-state index is 13.7. The zero-order valence-electron chi connectivity index (χ0n) is 14.1. The molecule has 1 fully saturated rings. The topological polar surface area (TPSA) is 71.5 Å². The van der Waals surface area contributed by atoms with Crippen LogP contribution in [0.4, 0.5) is 9.18 Å². The lowest BCUT2D eigenvalue weighted by molar-refractivity contribution is -0.127. The van der Waals surface area contributed by atoms with E-state index in [1.807, 2.05) is 6.92 Å². The van der Waals surface area contributed by atoms with Crippen LogP contribution in [0.2, 0.25) is 0 Å². The third kappa shape index (κ3) is 3.17. The molecule has 0 radical (unpaired) electrons. The second-order valence-electron chi connectivity index (χ2n) is 6.05. The van der Waals surface area contributed by atoms with Crippen molar-refractivity contribution in [1.29, 1.82) is 0 Å². The Morgan fingerprint density at radius 2 is 2.04 bits per heavy atom. The Kier molecular flexibility index (Phi) is 4.39. The Morgan fingerprint density at radius 1 is 1.28 bits per heavy atom. The average Bonchev–Trinajstić information content (AvgIpc) is 2.57. The maximum Gasteiger partial charge on any atom is 0.324 e. The molecule has 0 bridgehead atoms. The number of aryl methyl sites for hydroxylation is 1. The Balaban J connectivity index is 1.90. The largest absolute Gasteiger partial charge is 0.436 e. The molecule has 3 rings (SSSR count). The summed E-state index contributed by atoms with van der Waals surface area (Å²) in [5, 5.41) is 2.32. The van der Waals surface area contributed by atoms with Crippen LogP contribution < -0.4 is 10.1 Å². The van der Waals surface area contributed by atoms with Crippen LogP contribution in [0, 0.1) is 18.7 Å². The number of imide groups is 1. The minimum atomic E-state index is -0.549. The van der Waals surface area contributed by atoms with E-state index in [2.05, 4.69) is 10.3 Å². The molecule has 0 saturated carbocycles.